The average Bonchev–Trinajstić information content (AvgIpc) is 2.87. The van der Waals surface area contributed by atoms with E-state index in [1.807, 2.05) is 18.2 Å². The monoisotopic (exact) mass is 435 g/mol. The molecule has 166 valence electrons. The molecule has 0 radical (unpaired) electrons. The minimum atomic E-state index is 0.0912. The Kier molecular flexibility index (Phi) is 6.34. The Morgan fingerprint density at radius 3 is 2.52 bits per heavy atom. The highest BCUT2D eigenvalue weighted by Crippen LogP contribution is 2.32. The van der Waals surface area contributed by atoms with Gasteiger partial charge in [0, 0.05) is 18.0 Å². The Balaban J connectivity index is 1.35. The minimum absolute atomic E-state index is 0.0912. The molecule has 1 heterocycles. The van der Waals surface area contributed by atoms with E-state index in [0.29, 0.717) is 12.5 Å². The molecule has 1 aliphatic heterocycles. The van der Waals surface area contributed by atoms with Crippen molar-refractivity contribution in [2.45, 2.75) is 32.0 Å². The zero-order valence-electron chi connectivity index (χ0n) is 19.0. The highest BCUT2D eigenvalue weighted by Gasteiger charge is 2.27. The van der Waals surface area contributed by atoms with Crippen molar-refractivity contribution in [3.05, 3.63) is 108 Å². The summed E-state index contributed by atoms with van der Waals surface area (Å²) in [6, 6.07) is 31.6. The SMILES string of the molecule is CC(=O)c1cccc(-c2cccc([C@H]3CCNCC3OCc3ccc4ccccc4c3)c2)c1. The first-order chi connectivity index (χ1) is 16.2. The van der Waals surface area contributed by atoms with Gasteiger partial charge in [-0.2, -0.15) is 0 Å². The van der Waals surface area contributed by atoms with Gasteiger partial charge in [-0.05, 0) is 65.0 Å². The smallest absolute Gasteiger partial charge is 0.159 e. The van der Waals surface area contributed by atoms with E-state index in [0.717, 1.165) is 36.2 Å². The molecule has 0 bridgehead atoms. The van der Waals surface area contributed by atoms with Crippen molar-refractivity contribution >= 4 is 16.6 Å². The molecular weight excluding hydrogens is 406 g/mol. The Bertz CT molecular complexity index is 1280. The fourth-order valence-electron chi connectivity index (χ4n) is 4.78. The number of ether oxygens (including phenoxy) is 1. The third-order valence-electron chi connectivity index (χ3n) is 6.62. The molecule has 0 spiro atoms. The number of carbonyl (C=O) groups excluding carboxylic acids is 1. The van der Waals surface area contributed by atoms with Crippen molar-refractivity contribution in [1.82, 2.24) is 5.32 Å². The van der Waals surface area contributed by atoms with Crippen molar-refractivity contribution in [3.8, 4) is 11.1 Å². The summed E-state index contributed by atoms with van der Waals surface area (Å²) >= 11 is 0. The molecule has 1 fully saturated rings. The van der Waals surface area contributed by atoms with Crippen molar-refractivity contribution < 1.29 is 9.53 Å². The molecule has 0 saturated carbocycles. The van der Waals surface area contributed by atoms with E-state index in [4.69, 9.17) is 4.74 Å². The molecule has 3 heteroatoms. The van der Waals surface area contributed by atoms with E-state index in [9.17, 15) is 4.79 Å². The number of ketones is 1. The number of piperidine rings is 1. The topological polar surface area (TPSA) is 38.3 Å². The first-order valence-corrected chi connectivity index (χ1v) is 11.7. The van der Waals surface area contributed by atoms with Crippen LogP contribution in [0, 0.1) is 0 Å². The van der Waals surface area contributed by atoms with Crippen molar-refractivity contribution in [2.24, 2.45) is 0 Å². The largest absolute Gasteiger partial charge is 0.372 e. The zero-order chi connectivity index (χ0) is 22.6. The lowest BCUT2D eigenvalue weighted by Crippen LogP contribution is -2.41. The van der Waals surface area contributed by atoms with Crippen LogP contribution in [0.1, 0.15) is 40.7 Å². The van der Waals surface area contributed by atoms with Crippen molar-refractivity contribution in [2.75, 3.05) is 13.1 Å². The lowest BCUT2D eigenvalue weighted by Gasteiger charge is -2.33. The molecule has 1 saturated heterocycles. The summed E-state index contributed by atoms with van der Waals surface area (Å²) in [5, 5.41) is 6.01. The highest BCUT2D eigenvalue weighted by atomic mass is 16.5. The van der Waals surface area contributed by atoms with Gasteiger partial charge in [0.2, 0.25) is 0 Å². The van der Waals surface area contributed by atoms with Gasteiger partial charge in [0.05, 0.1) is 12.7 Å². The normalized spacial score (nSPS) is 18.3. The van der Waals surface area contributed by atoms with Crippen LogP contribution in [0.25, 0.3) is 21.9 Å². The Labute approximate surface area is 195 Å². The maximum Gasteiger partial charge on any atom is 0.159 e. The number of nitrogens with one attached hydrogen (secondary N) is 1. The third kappa shape index (κ3) is 4.90. The average molecular weight is 436 g/mol. The fourth-order valence-corrected chi connectivity index (χ4v) is 4.78. The molecule has 4 aromatic rings. The molecular formula is C30H29NO2. The van der Waals surface area contributed by atoms with Crippen LogP contribution in [-0.2, 0) is 11.3 Å². The van der Waals surface area contributed by atoms with E-state index in [-0.39, 0.29) is 11.9 Å². The first kappa shape index (κ1) is 21.6. The third-order valence-corrected chi connectivity index (χ3v) is 6.62. The number of rotatable bonds is 6. The van der Waals surface area contributed by atoms with Gasteiger partial charge < -0.3 is 10.1 Å². The number of carbonyl (C=O) groups is 1. The van der Waals surface area contributed by atoms with E-state index >= 15 is 0 Å². The summed E-state index contributed by atoms with van der Waals surface area (Å²) in [5.41, 5.74) is 5.46. The first-order valence-electron chi connectivity index (χ1n) is 11.7. The van der Waals surface area contributed by atoms with Crippen LogP contribution >= 0.6 is 0 Å². The summed E-state index contributed by atoms with van der Waals surface area (Å²) in [6.45, 7) is 4.06. The predicted molar refractivity (Wildman–Crippen MR) is 135 cm³/mol. The Hall–Kier alpha value is -3.27. The molecule has 0 amide bonds. The molecule has 0 aromatic heterocycles. The molecule has 4 aromatic carbocycles. The predicted octanol–water partition coefficient (Wildman–Crippen LogP) is 6.37. The number of benzene rings is 4. The quantitative estimate of drug-likeness (QED) is 0.358. The standard InChI is InChI=1S/C30H29NO2/c1-21(32)24-8-4-9-26(17-24)27-10-5-11-28(18-27)29-14-15-31-19-30(29)33-20-22-12-13-23-6-2-3-7-25(23)16-22/h2-13,16-18,29-31H,14-15,19-20H2,1H3/t29-,30?/m1/s1. The van der Waals surface area contributed by atoms with Crippen LogP contribution < -0.4 is 5.32 Å². The molecule has 0 aliphatic carbocycles. The van der Waals surface area contributed by atoms with E-state index in [1.165, 1.54) is 21.9 Å². The zero-order valence-corrected chi connectivity index (χ0v) is 19.0. The Morgan fingerprint density at radius 2 is 1.67 bits per heavy atom. The fraction of sp³-hybridized carbons (Fsp3) is 0.233. The van der Waals surface area contributed by atoms with Crippen LogP contribution in [0.5, 0.6) is 0 Å². The van der Waals surface area contributed by atoms with Gasteiger partial charge in [-0.25, -0.2) is 0 Å². The molecule has 33 heavy (non-hydrogen) atoms. The second kappa shape index (κ2) is 9.70. The summed E-state index contributed by atoms with van der Waals surface area (Å²) in [6.07, 6.45) is 1.16. The van der Waals surface area contributed by atoms with Gasteiger partial charge in [-0.1, -0.05) is 78.9 Å². The molecule has 1 unspecified atom stereocenters. The van der Waals surface area contributed by atoms with Crippen LogP contribution in [0.4, 0.5) is 0 Å². The number of Topliss-reactive ketones (excluding diaryl/α,β-unsaturated/α-hetero) is 1. The van der Waals surface area contributed by atoms with Gasteiger partial charge in [0.1, 0.15) is 0 Å². The van der Waals surface area contributed by atoms with E-state index in [1.54, 1.807) is 6.92 Å². The maximum atomic E-state index is 11.8. The second-order valence-electron chi connectivity index (χ2n) is 8.89. The summed E-state index contributed by atoms with van der Waals surface area (Å²) in [7, 11) is 0. The van der Waals surface area contributed by atoms with Crippen molar-refractivity contribution in [1.29, 1.82) is 0 Å². The number of fused-ring (bicyclic) bond motifs is 1. The molecule has 3 nitrogen and oxygen atoms in total. The van der Waals surface area contributed by atoms with Crippen LogP contribution in [0.3, 0.4) is 0 Å². The summed E-state index contributed by atoms with van der Waals surface area (Å²) in [4.78, 5) is 11.8. The van der Waals surface area contributed by atoms with Gasteiger partial charge >= 0.3 is 0 Å². The van der Waals surface area contributed by atoms with Crippen molar-refractivity contribution in [3.63, 3.8) is 0 Å². The molecule has 1 aliphatic rings. The van der Waals surface area contributed by atoms with Gasteiger partial charge in [0.15, 0.2) is 5.78 Å². The van der Waals surface area contributed by atoms with Crippen LogP contribution in [0.15, 0.2) is 91.0 Å². The van der Waals surface area contributed by atoms with E-state index < -0.39 is 0 Å². The van der Waals surface area contributed by atoms with Gasteiger partial charge in [-0.3, -0.25) is 4.79 Å². The molecule has 2 atom stereocenters. The number of hydrogen-bond acceptors (Lipinski definition) is 3. The maximum absolute atomic E-state index is 11.8. The Morgan fingerprint density at radius 1 is 0.879 bits per heavy atom. The van der Waals surface area contributed by atoms with E-state index in [2.05, 4.69) is 78.1 Å². The number of hydrogen-bond donors (Lipinski definition) is 1. The van der Waals surface area contributed by atoms with Gasteiger partial charge in [0.25, 0.3) is 0 Å². The van der Waals surface area contributed by atoms with Crippen LogP contribution in [0.2, 0.25) is 0 Å². The highest BCUT2D eigenvalue weighted by molar-refractivity contribution is 5.95. The molecule has 1 N–H and O–H groups in total. The van der Waals surface area contributed by atoms with Crippen LogP contribution in [-0.4, -0.2) is 25.0 Å². The minimum Gasteiger partial charge on any atom is -0.372 e. The summed E-state index contributed by atoms with van der Waals surface area (Å²) in [5.74, 6) is 0.427. The van der Waals surface area contributed by atoms with Gasteiger partial charge in [-0.15, -0.1) is 0 Å². The summed E-state index contributed by atoms with van der Waals surface area (Å²) < 4.78 is 6.47. The second-order valence-corrected chi connectivity index (χ2v) is 8.89. The molecule has 5 rings (SSSR count). The lowest BCUT2D eigenvalue weighted by molar-refractivity contribution is 0.0107. The lowest BCUT2D eigenvalue weighted by atomic mass is 9.86.